The van der Waals surface area contributed by atoms with Crippen LogP contribution in [0.4, 0.5) is 10.5 Å². The molecule has 0 aromatic heterocycles. The maximum Gasteiger partial charge on any atom is 0.319 e. The number of nitrogens with zero attached hydrogens (tertiary/aromatic N) is 1. The Labute approximate surface area is 167 Å². The Morgan fingerprint density at radius 2 is 2.00 bits per heavy atom. The van der Waals surface area contributed by atoms with Crippen LogP contribution in [0.25, 0.3) is 0 Å². The smallest absolute Gasteiger partial charge is 0.319 e. The van der Waals surface area contributed by atoms with Gasteiger partial charge >= 0.3 is 6.03 Å². The average molecular weight is 377 g/mol. The van der Waals surface area contributed by atoms with Crippen LogP contribution in [0.3, 0.4) is 0 Å². The molecule has 1 saturated heterocycles. The van der Waals surface area contributed by atoms with E-state index in [0.29, 0.717) is 29.6 Å². The first-order valence-electron chi connectivity index (χ1n) is 10.0. The van der Waals surface area contributed by atoms with Crippen LogP contribution in [0.5, 0.6) is 0 Å². The van der Waals surface area contributed by atoms with Crippen LogP contribution < -0.4 is 16.0 Å². The first kappa shape index (κ1) is 19.9. The first-order chi connectivity index (χ1) is 13.7. The minimum absolute atomic E-state index is 0.224. The fraction of sp³-hybridized carbons (Fsp3) is 0.391. The van der Waals surface area contributed by atoms with E-state index >= 15 is 0 Å². The van der Waals surface area contributed by atoms with Crippen molar-refractivity contribution in [1.82, 2.24) is 10.6 Å². The van der Waals surface area contributed by atoms with Gasteiger partial charge in [-0.15, -0.1) is 0 Å². The van der Waals surface area contributed by atoms with Gasteiger partial charge in [-0.2, -0.15) is 5.26 Å². The van der Waals surface area contributed by atoms with E-state index in [9.17, 15) is 4.79 Å². The number of nitrogens with one attached hydrogen (secondary N) is 3. The van der Waals surface area contributed by atoms with Gasteiger partial charge in [-0.05, 0) is 74.4 Å². The van der Waals surface area contributed by atoms with Gasteiger partial charge in [0, 0.05) is 12.2 Å². The summed E-state index contributed by atoms with van der Waals surface area (Å²) in [6.07, 6.45) is 4.41. The zero-order valence-electron chi connectivity index (χ0n) is 16.2. The molecule has 0 bridgehead atoms. The molecule has 0 aliphatic carbocycles. The Morgan fingerprint density at radius 3 is 2.82 bits per heavy atom. The van der Waals surface area contributed by atoms with Crippen molar-refractivity contribution in [3.05, 3.63) is 65.7 Å². The van der Waals surface area contributed by atoms with Gasteiger partial charge in [0.2, 0.25) is 0 Å². The number of hydrogen-bond acceptors (Lipinski definition) is 3. The Balaban J connectivity index is 1.40. The molecular formula is C23H28N4O. The summed E-state index contributed by atoms with van der Waals surface area (Å²) in [5.41, 5.74) is 2.58. The van der Waals surface area contributed by atoms with E-state index < -0.39 is 0 Å². The molecule has 0 saturated carbocycles. The number of anilines is 1. The van der Waals surface area contributed by atoms with Crippen LogP contribution in [0.2, 0.25) is 0 Å². The minimum atomic E-state index is -0.224. The lowest BCUT2D eigenvalue weighted by molar-refractivity contribution is 0.233. The number of urea groups is 1. The summed E-state index contributed by atoms with van der Waals surface area (Å²) < 4.78 is 0. The van der Waals surface area contributed by atoms with Crippen LogP contribution in [0, 0.1) is 23.2 Å². The molecular weight excluding hydrogens is 348 g/mol. The normalized spacial score (nSPS) is 18.8. The molecule has 1 fully saturated rings. The van der Waals surface area contributed by atoms with Crippen molar-refractivity contribution in [2.45, 2.75) is 25.7 Å². The second-order valence-electron chi connectivity index (χ2n) is 7.42. The van der Waals surface area contributed by atoms with Crippen LogP contribution in [-0.4, -0.2) is 25.7 Å². The summed E-state index contributed by atoms with van der Waals surface area (Å²) in [7, 11) is 0. The third-order valence-corrected chi connectivity index (χ3v) is 5.39. The standard InChI is InChI=1S/C23H28N4O/c24-16-19-8-4-10-22(15-19)27-23(28)26-12-5-9-21-17-25-13-11-20(21)14-18-6-2-1-3-7-18/h1-4,6-8,10,15,20-21,25H,5,9,11-14,17H2,(H2,26,27,28)/t20-,21?/m1/s1. The summed E-state index contributed by atoms with van der Waals surface area (Å²) in [5, 5.41) is 18.1. The number of nitriles is 1. The number of piperidine rings is 1. The van der Waals surface area contributed by atoms with Crippen molar-refractivity contribution < 1.29 is 4.79 Å². The van der Waals surface area contributed by atoms with Crippen molar-refractivity contribution in [2.24, 2.45) is 11.8 Å². The molecule has 3 rings (SSSR count). The molecule has 0 spiro atoms. The number of benzene rings is 2. The highest BCUT2D eigenvalue weighted by molar-refractivity contribution is 5.89. The van der Waals surface area contributed by atoms with Crippen molar-refractivity contribution in [1.29, 1.82) is 5.26 Å². The second kappa shape index (κ2) is 10.5. The van der Waals surface area contributed by atoms with Crippen LogP contribution in [0.1, 0.15) is 30.4 Å². The van der Waals surface area contributed by atoms with Gasteiger partial charge in [0.25, 0.3) is 0 Å². The summed E-state index contributed by atoms with van der Waals surface area (Å²) >= 11 is 0. The molecule has 1 heterocycles. The van der Waals surface area contributed by atoms with Gasteiger partial charge in [0.15, 0.2) is 0 Å². The Bertz CT molecular complexity index is 800. The van der Waals surface area contributed by atoms with Crippen LogP contribution >= 0.6 is 0 Å². The highest BCUT2D eigenvalue weighted by atomic mass is 16.2. The van der Waals surface area contributed by atoms with Crippen LogP contribution in [-0.2, 0) is 6.42 Å². The van der Waals surface area contributed by atoms with Crippen LogP contribution in [0.15, 0.2) is 54.6 Å². The first-order valence-corrected chi connectivity index (χ1v) is 10.0. The van der Waals surface area contributed by atoms with E-state index in [1.54, 1.807) is 24.3 Å². The molecule has 1 aliphatic heterocycles. The number of amides is 2. The SMILES string of the molecule is N#Cc1cccc(NC(=O)NCCCC2CNCC[C@@H]2Cc2ccccc2)c1. The number of carbonyl (C=O) groups is 1. The Morgan fingerprint density at radius 1 is 1.14 bits per heavy atom. The van der Waals surface area contributed by atoms with E-state index in [1.165, 1.54) is 12.0 Å². The number of rotatable bonds is 7. The third kappa shape index (κ3) is 6.11. The highest BCUT2D eigenvalue weighted by Gasteiger charge is 2.24. The minimum Gasteiger partial charge on any atom is -0.338 e. The van der Waals surface area contributed by atoms with E-state index in [2.05, 4.69) is 52.4 Å². The summed E-state index contributed by atoms with van der Waals surface area (Å²) in [5.74, 6) is 1.34. The molecule has 1 unspecified atom stereocenters. The predicted molar refractivity (Wildman–Crippen MR) is 112 cm³/mol. The summed E-state index contributed by atoms with van der Waals surface area (Å²) in [6.45, 7) is 2.80. The Kier molecular flexibility index (Phi) is 7.45. The molecule has 28 heavy (non-hydrogen) atoms. The zero-order chi connectivity index (χ0) is 19.6. The Hall–Kier alpha value is -2.84. The van der Waals surface area contributed by atoms with Gasteiger partial charge < -0.3 is 16.0 Å². The topological polar surface area (TPSA) is 77.0 Å². The molecule has 146 valence electrons. The monoisotopic (exact) mass is 376 g/mol. The molecule has 0 radical (unpaired) electrons. The van der Waals surface area contributed by atoms with Crippen molar-refractivity contribution >= 4 is 11.7 Å². The van der Waals surface area contributed by atoms with Gasteiger partial charge in [0.1, 0.15) is 0 Å². The average Bonchev–Trinajstić information content (AvgIpc) is 2.73. The molecule has 2 aromatic rings. The quantitative estimate of drug-likeness (QED) is 0.641. The van der Waals surface area contributed by atoms with E-state index in [0.717, 1.165) is 32.4 Å². The largest absolute Gasteiger partial charge is 0.338 e. The summed E-state index contributed by atoms with van der Waals surface area (Å²) in [6, 6.07) is 19.5. The van der Waals surface area contributed by atoms with E-state index in [1.807, 2.05) is 0 Å². The second-order valence-corrected chi connectivity index (χ2v) is 7.42. The zero-order valence-corrected chi connectivity index (χ0v) is 16.2. The molecule has 2 aromatic carbocycles. The highest BCUT2D eigenvalue weighted by Crippen LogP contribution is 2.27. The van der Waals surface area contributed by atoms with E-state index in [4.69, 9.17) is 5.26 Å². The third-order valence-electron chi connectivity index (χ3n) is 5.39. The summed E-state index contributed by atoms with van der Waals surface area (Å²) in [4.78, 5) is 12.1. The molecule has 2 atom stereocenters. The predicted octanol–water partition coefficient (Wildman–Crippen LogP) is 3.93. The van der Waals surface area contributed by atoms with E-state index in [-0.39, 0.29) is 6.03 Å². The molecule has 5 heteroatoms. The molecule has 3 N–H and O–H groups in total. The fourth-order valence-electron chi connectivity index (χ4n) is 3.91. The fourth-order valence-corrected chi connectivity index (χ4v) is 3.91. The van der Waals surface area contributed by atoms with Gasteiger partial charge in [-0.25, -0.2) is 4.79 Å². The lowest BCUT2D eigenvalue weighted by atomic mass is 9.79. The number of hydrogen-bond donors (Lipinski definition) is 3. The maximum absolute atomic E-state index is 12.1. The maximum atomic E-state index is 12.1. The molecule has 1 aliphatic rings. The van der Waals surface area contributed by atoms with Gasteiger partial charge in [0.05, 0.1) is 11.6 Å². The lowest BCUT2D eigenvalue weighted by Crippen LogP contribution is -2.38. The van der Waals surface area contributed by atoms with Crippen molar-refractivity contribution in [3.8, 4) is 6.07 Å². The van der Waals surface area contributed by atoms with Gasteiger partial charge in [-0.3, -0.25) is 0 Å². The number of carbonyl (C=O) groups excluding carboxylic acids is 1. The van der Waals surface area contributed by atoms with Crippen molar-refractivity contribution in [3.63, 3.8) is 0 Å². The van der Waals surface area contributed by atoms with Gasteiger partial charge in [-0.1, -0.05) is 36.4 Å². The van der Waals surface area contributed by atoms with Crippen molar-refractivity contribution in [2.75, 3.05) is 25.0 Å². The molecule has 5 nitrogen and oxygen atoms in total. The molecule has 2 amide bonds. The lowest BCUT2D eigenvalue weighted by Gasteiger charge is -2.32.